The minimum Gasteiger partial charge on any atom is -0.368 e. The van der Waals surface area contributed by atoms with E-state index in [2.05, 4.69) is 26.7 Å². The monoisotopic (exact) mass is 340 g/mol. The Morgan fingerprint density at radius 1 is 1.12 bits per heavy atom. The number of hydrogen-bond donors (Lipinski definition) is 1. The average Bonchev–Trinajstić information content (AvgIpc) is 2.67. The zero-order valence-corrected chi connectivity index (χ0v) is 14.0. The van der Waals surface area contributed by atoms with Crippen molar-refractivity contribution < 1.29 is 9.18 Å². The minimum absolute atomic E-state index is 0.202. The van der Waals surface area contributed by atoms with Gasteiger partial charge in [0, 0.05) is 50.3 Å². The van der Waals surface area contributed by atoms with Gasteiger partial charge in [0.25, 0.3) is 5.91 Å². The maximum Gasteiger partial charge on any atom is 0.270 e. The molecule has 130 valence electrons. The molecule has 1 aliphatic rings. The highest BCUT2D eigenvalue weighted by molar-refractivity contribution is 5.93. The van der Waals surface area contributed by atoms with Gasteiger partial charge in [-0.1, -0.05) is 6.08 Å². The third kappa shape index (κ3) is 4.15. The zero-order chi connectivity index (χ0) is 17.6. The van der Waals surface area contributed by atoms with Gasteiger partial charge in [-0.05, 0) is 36.4 Å². The molecular weight excluding hydrogens is 319 g/mol. The van der Waals surface area contributed by atoms with Gasteiger partial charge in [0.2, 0.25) is 0 Å². The van der Waals surface area contributed by atoms with Crippen LogP contribution >= 0.6 is 0 Å². The van der Waals surface area contributed by atoms with Crippen LogP contribution in [0.2, 0.25) is 0 Å². The summed E-state index contributed by atoms with van der Waals surface area (Å²) in [6, 6.07) is 10.3. The molecule has 1 aromatic heterocycles. The van der Waals surface area contributed by atoms with Crippen LogP contribution in [0.4, 0.5) is 15.8 Å². The molecule has 0 radical (unpaired) electrons. The van der Waals surface area contributed by atoms with Crippen molar-refractivity contribution in [2.45, 2.75) is 0 Å². The Bertz CT molecular complexity index is 739. The molecule has 5 nitrogen and oxygen atoms in total. The number of carbonyl (C=O) groups excluding carboxylic acids is 1. The van der Waals surface area contributed by atoms with Crippen molar-refractivity contribution in [2.75, 3.05) is 42.5 Å². The molecule has 1 amide bonds. The van der Waals surface area contributed by atoms with Crippen LogP contribution in [0.3, 0.4) is 0 Å². The summed E-state index contributed by atoms with van der Waals surface area (Å²) in [5.74, 6) is -0.423. The van der Waals surface area contributed by atoms with Gasteiger partial charge in [0.1, 0.15) is 11.5 Å². The molecule has 1 aromatic carbocycles. The second-order valence-corrected chi connectivity index (χ2v) is 5.85. The standard InChI is InChI=1S/C19H21FN4O/c1-2-8-22-19(25)18-14-17(7-9-21-18)24-12-10-23(11-13-24)16-5-3-15(20)4-6-16/h2-7,9,14H,1,8,10-13H2,(H,22,25). The maximum atomic E-state index is 13.0. The molecule has 1 fully saturated rings. The van der Waals surface area contributed by atoms with Crippen LogP contribution in [0.15, 0.2) is 55.3 Å². The van der Waals surface area contributed by atoms with E-state index in [4.69, 9.17) is 0 Å². The van der Waals surface area contributed by atoms with E-state index in [1.807, 2.05) is 12.1 Å². The smallest absolute Gasteiger partial charge is 0.270 e. The Labute approximate surface area is 146 Å². The number of hydrogen-bond acceptors (Lipinski definition) is 4. The fourth-order valence-electron chi connectivity index (χ4n) is 2.87. The summed E-state index contributed by atoms with van der Waals surface area (Å²) in [5, 5.41) is 2.73. The lowest BCUT2D eigenvalue weighted by Crippen LogP contribution is -2.46. The van der Waals surface area contributed by atoms with E-state index in [0.29, 0.717) is 12.2 Å². The number of aromatic nitrogens is 1. The summed E-state index contributed by atoms with van der Waals surface area (Å²) in [6.45, 7) is 7.34. The third-order valence-corrected chi connectivity index (χ3v) is 4.22. The van der Waals surface area contributed by atoms with E-state index in [1.165, 1.54) is 12.1 Å². The van der Waals surface area contributed by atoms with Crippen LogP contribution in [0, 0.1) is 5.82 Å². The van der Waals surface area contributed by atoms with Crippen molar-refractivity contribution >= 4 is 17.3 Å². The van der Waals surface area contributed by atoms with Gasteiger partial charge >= 0.3 is 0 Å². The van der Waals surface area contributed by atoms with Crippen LogP contribution in [0.1, 0.15) is 10.5 Å². The number of carbonyl (C=O) groups is 1. The number of rotatable bonds is 5. The molecule has 2 aromatic rings. The van der Waals surface area contributed by atoms with Crippen molar-refractivity contribution in [3.8, 4) is 0 Å². The number of pyridine rings is 1. The first-order valence-corrected chi connectivity index (χ1v) is 8.28. The van der Waals surface area contributed by atoms with Crippen LogP contribution in [0.5, 0.6) is 0 Å². The largest absolute Gasteiger partial charge is 0.368 e. The van der Waals surface area contributed by atoms with E-state index in [-0.39, 0.29) is 11.7 Å². The molecule has 3 rings (SSSR count). The summed E-state index contributed by atoms with van der Waals surface area (Å²) in [5.41, 5.74) is 2.41. The molecule has 1 saturated heterocycles. The number of nitrogens with one attached hydrogen (secondary N) is 1. The Balaban J connectivity index is 1.63. The summed E-state index contributed by atoms with van der Waals surface area (Å²) in [6.07, 6.45) is 3.29. The lowest BCUT2D eigenvalue weighted by atomic mass is 10.2. The number of piperazine rings is 1. The normalized spacial score (nSPS) is 14.3. The molecule has 0 atom stereocenters. The van der Waals surface area contributed by atoms with Crippen LogP contribution in [-0.2, 0) is 0 Å². The minimum atomic E-state index is -0.221. The van der Waals surface area contributed by atoms with Crippen molar-refractivity contribution in [3.05, 3.63) is 66.8 Å². The quantitative estimate of drug-likeness (QED) is 0.850. The molecule has 0 bridgehead atoms. The number of amides is 1. The van der Waals surface area contributed by atoms with Crippen molar-refractivity contribution in [1.82, 2.24) is 10.3 Å². The van der Waals surface area contributed by atoms with Crippen molar-refractivity contribution in [2.24, 2.45) is 0 Å². The summed E-state index contributed by atoms with van der Waals surface area (Å²) in [7, 11) is 0. The second-order valence-electron chi connectivity index (χ2n) is 5.85. The Hall–Kier alpha value is -2.89. The van der Waals surface area contributed by atoms with Crippen LogP contribution < -0.4 is 15.1 Å². The van der Waals surface area contributed by atoms with Gasteiger partial charge < -0.3 is 15.1 Å². The summed E-state index contributed by atoms with van der Waals surface area (Å²) >= 11 is 0. The molecule has 6 heteroatoms. The fraction of sp³-hybridized carbons (Fsp3) is 0.263. The zero-order valence-electron chi connectivity index (χ0n) is 14.0. The van der Waals surface area contributed by atoms with Crippen LogP contribution in [0.25, 0.3) is 0 Å². The molecule has 0 saturated carbocycles. The Kier molecular flexibility index (Phi) is 5.28. The average molecular weight is 340 g/mol. The number of halogens is 1. The first-order valence-electron chi connectivity index (χ1n) is 8.28. The van der Waals surface area contributed by atoms with E-state index < -0.39 is 0 Å². The highest BCUT2D eigenvalue weighted by Crippen LogP contribution is 2.21. The Morgan fingerprint density at radius 2 is 1.76 bits per heavy atom. The van der Waals surface area contributed by atoms with Gasteiger partial charge in [-0.15, -0.1) is 6.58 Å². The highest BCUT2D eigenvalue weighted by atomic mass is 19.1. The lowest BCUT2D eigenvalue weighted by Gasteiger charge is -2.37. The topological polar surface area (TPSA) is 48.5 Å². The summed E-state index contributed by atoms with van der Waals surface area (Å²) in [4.78, 5) is 20.6. The predicted molar refractivity (Wildman–Crippen MR) is 97.6 cm³/mol. The Morgan fingerprint density at radius 3 is 2.40 bits per heavy atom. The van der Waals surface area contributed by atoms with Gasteiger partial charge in [0.05, 0.1) is 0 Å². The maximum absolute atomic E-state index is 13.0. The predicted octanol–water partition coefficient (Wildman–Crippen LogP) is 2.46. The van der Waals surface area contributed by atoms with E-state index in [9.17, 15) is 9.18 Å². The second kappa shape index (κ2) is 7.79. The molecular formula is C19H21FN4O. The van der Waals surface area contributed by atoms with Gasteiger partial charge in [0.15, 0.2) is 0 Å². The molecule has 0 unspecified atom stereocenters. The van der Waals surface area contributed by atoms with E-state index >= 15 is 0 Å². The lowest BCUT2D eigenvalue weighted by molar-refractivity contribution is 0.0953. The van der Waals surface area contributed by atoms with Gasteiger partial charge in [-0.3, -0.25) is 9.78 Å². The molecule has 0 spiro atoms. The molecule has 0 aliphatic carbocycles. The molecule has 1 N–H and O–H groups in total. The van der Waals surface area contributed by atoms with Gasteiger partial charge in [-0.25, -0.2) is 4.39 Å². The third-order valence-electron chi connectivity index (χ3n) is 4.22. The first kappa shape index (κ1) is 17.0. The van der Waals surface area contributed by atoms with E-state index in [0.717, 1.165) is 37.6 Å². The highest BCUT2D eigenvalue weighted by Gasteiger charge is 2.18. The number of benzene rings is 1. The van der Waals surface area contributed by atoms with Crippen molar-refractivity contribution in [3.63, 3.8) is 0 Å². The first-order chi connectivity index (χ1) is 12.2. The van der Waals surface area contributed by atoms with Gasteiger partial charge in [-0.2, -0.15) is 0 Å². The number of anilines is 2. The van der Waals surface area contributed by atoms with Crippen LogP contribution in [-0.4, -0.2) is 43.6 Å². The fourth-order valence-corrected chi connectivity index (χ4v) is 2.87. The van der Waals surface area contributed by atoms with Crippen molar-refractivity contribution in [1.29, 1.82) is 0 Å². The molecule has 2 heterocycles. The SMILES string of the molecule is C=CCNC(=O)c1cc(N2CCN(c3ccc(F)cc3)CC2)ccn1. The molecule has 25 heavy (non-hydrogen) atoms. The summed E-state index contributed by atoms with van der Waals surface area (Å²) < 4.78 is 13.0. The van der Waals surface area contributed by atoms with E-state index in [1.54, 1.807) is 24.4 Å². The molecule has 1 aliphatic heterocycles. The number of nitrogens with zero attached hydrogens (tertiary/aromatic N) is 3.